The summed E-state index contributed by atoms with van der Waals surface area (Å²) in [6.45, 7) is 4.05. The lowest BCUT2D eigenvalue weighted by molar-refractivity contribution is -0.578. The van der Waals surface area contributed by atoms with E-state index in [0.717, 1.165) is 15.9 Å². The molecule has 0 radical (unpaired) electrons. The Kier molecular flexibility index (Phi) is 2.08. The first-order valence-electron chi connectivity index (χ1n) is 4.67. The number of nitrogens with zero attached hydrogens (tertiary/aromatic N) is 2. The molecule has 3 nitrogen and oxygen atoms in total. The number of fused-ring (bicyclic) bond motifs is 1. The maximum Gasteiger partial charge on any atom is 0.242 e. The average Bonchev–Trinajstić information content (AvgIpc) is 2.17. The van der Waals surface area contributed by atoms with Crippen LogP contribution in [0.5, 0.6) is 0 Å². The Bertz CT molecular complexity index is 466. The maximum absolute atomic E-state index is 11.6. The highest BCUT2D eigenvalue weighted by atomic mass is 16.5. The topological polar surface area (TPSA) is 39.8 Å². The molecule has 0 bridgehead atoms. The van der Waals surface area contributed by atoms with Crippen molar-refractivity contribution in [3.8, 4) is 0 Å². The summed E-state index contributed by atoms with van der Waals surface area (Å²) in [6, 6.07) is 7.36. The van der Waals surface area contributed by atoms with Crippen molar-refractivity contribution in [3.05, 3.63) is 41.4 Å². The summed E-state index contributed by atoms with van der Waals surface area (Å²) in [6.07, 6.45) is 1.55. The molecule has 0 saturated carbocycles. The van der Waals surface area contributed by atoms with Gasteiger partial charge in [-0.3, -0.25) is 0 Å². The SMILES string of the molecule is CC(C)c1c[n+]([O-])c2ccccc2n1. The molecule has 1 aromatic heterocycles. The van der Waals surface area contributed by atoms with Crippen LogP contribution in [0.25, 0.3) is 11.0 Å². The quantitative estimate of drug-likeness (QED) is 0.507. The smallest absolute Gasteiger partial charge is 0.242 e. The van der Waals surface area contributed by atoms with Crippen LogP contribution in [-0.2, 0) is 0 Å². The van der Waals surface area contributed by atoms with E-state index in [0.29, 0.717) is 5.52 Å². The van der Waals surface area contributed by atoms with E-state index in [2.05, 4.69) is 4.98 Å². The molecule has 1 aromatic carbocycles. The van der Waals surface area contributed by atoms with Crippen LogP contribution < -0.4 is 4.73 Å². The largest absolute Gasteiger partial charge is 0.618 e. The van der Waals surface area contributed by atoms with Crippen LogP contribution >= 0.6 is 0 Å². The second kappa shape index (κ2) is 3.25. The van der Waals surface area contributed by atoms with Gasteiger partial charge in [0.1, 0.15) is 11.2 Å². The lowest BCUT2D eigenvalue weighted by Crippen LogP contribution is -2.28. The van der Waals surface area contributed by atoms with Crippen LogP contribution in [0.3, 0.4) is 0 Å². The number of hydrogen-bond acceptors (Lipinski definition) is 2. The fourth-order valence-corrected chi connectivity index (χ4v) is 1.38. The zero-order valence-corrected chi connectivity index (χ0v) is 8.27. The summed E-state index contributed by atoms with van der Waals surface area (Å²) < 4.78 is 0.887. The van der Waals surface area contributed by atoms with Crippen molar-refractivity contribution in [2.45, 2.75) is 19.8 Å². The summed E-state index contributed by atoms with van der Waals surface area (Å²) >= 11 is 0. The normalized spacial score (nSPS) is 11.1. The number of benzene rings is 1. The second-order valence-corrected chi connectivity index (χ2v) is 3.63. The van der Waals surface area contributed by atoms with Gasteiger partial charge in [-0.1, -0.05) is 26.0 Å². The third-order valence-electron chi connectivity index (χ3n) is 2.21. The molecule has 14 heavy (non-hydrogen) atoms. The van der Waals surface area contributed by atoms with Gasteiger partial charge in [0.05, 0.1) is 0 Å². The van der Waals surface area contributed by atoms with Crippen LogP contribution in [0.1, 0.15) is 25.5 Å². The van der Waals surface area contributed by atoms with Crippen molar-refractivity contribution in [3.63, 3.8) is 0 Å². The first-order chi connectivity index (χ1) is 6.68. The molecule has 0 aliphatic rings. The third kappa shape index (κ3) is 1.41. The Balaban J connectivity index is 2.72. The van der Waals surface area contributed by atoms with Crippen molar-refractivity contribution < 1.29 is 4.73 Å². The van der Waals surface area contributed by atoms with Crippen LogP contribution in [0.2, 0.25) is 0 Å². The third-order valence-corrected chi connectivity index (χ3v) is 2.21. The summed E-state index contributed by atoms with van der Waals surface area (Å²) in [5, 5.41) is 11.6. The van der Waals surface area contributed by atoms with E-state index in [9.17, 15) is 5.21 Å². The second-order valence-electron chi connectivity index (χ2n) is 3.63. The Labute approximate surface area is 82.6 Å². The van der Waals surface area contributed by atoms with E-state index in [1.54, 1.807) is 12.3 Å². The summed E-state index contributed by atoms with van der Waals surface area (Å²) in [5.74, 6) is 0.278. The van der Waals surface area contributed by atoms with Gasteiger partial charge in [-0.2, -0.15) is 4.73 Å². The highest BCUT2D eigenvalue weighted by molar-refractivity contribution is 5.70. The zero-order chi connectivity index (χ0) is 10.1. The molecule has 0 amide bonds. The summed E-state index contributed by atoms with van der Waals surface area (Å²) in [7, 11) is 0. The van der Waals surface area contributed by atoms with E-state index in [1.165, 1.54) is 0 Å². The first-order valence-corrected chi connectivity index (χ1v) is 4.67. The van der Waals surface area contributed by atoms with Gasteiger partial charge in [0.15, 0.2) is 0 Å². The number of rotatable bonds is 1. The first kappa shape index (κ1) is 8.94. The Hall–Kier alpha value is -1.64. The van der Waals surface area contributed by atoms with Gasteiger partial charge in [-0.15, -0.1) is 0 Å². The molecule has 0 unspecified atom stereocenters. The number of hydrogen-bond donors (Lipinski definition) is 0. The molecule has 0 aliphatic heterocycles. The molecule has 0 N–H and O–H groups in total. The molecule has 0 saturated heterocycles. The van der Waals surface area contributed by atoms with Crippen molar-refractivity contribution in [2.24, 2.45) is 0 Å². The van der Waals surface area contributed by atoms with Crippen LogP contribution in [0.15, 0.2) is 30.5 Å². The minimum absolute atomic E-state index is 0.278. The molecule has 0 atom stereocenters. The predicted octanol–water partition coefficient (Wildman–Crippen LogP) is 1.99. The average molecular weight is 188 g/mol. The van der Waals surface area contributed by atoms with Crippen molar-refractivity contribution >= 4 is 11.0 Å². The summed E-state index contributed by atoms with van der Waals surface area (Å²) in [5.41, 5.74) is 2.21. The molecule has 0 fully saturated rings. The Morgan fingerprint density at radius 3 is 2.71 bits per heavy atom. The molecular formula is C11H12N2O. The monoisotopic (exact) mass is 188 g/mol. The van der Waals surface area contributed by atoms with Crippen molar-refractivity contribution in [1.29, 1.82) is 0 Å². The molecule has 2 aromatic rings. The highest BCUT2D eigenvalue weighted by Gasteiger charge is 2.09. The Morgan fingerprint density at radius 2 is 2.00 bits per heavy atom. The molecule has 3 heteroatoms. The van der Waals surface area contributed by atoms with E-state index in [1.807, 2.05) is 32.0 Å². The van der Waals surface area contributed by atoms with E-state index in [-0.39, 0.29) is 5.92 Å². The lowest BCUT2D eigenvalue weighted by Gasteiger charge is -2.06. The van der Waals surface area contributed by atoms with Gasteiger partial charge in [-0.25, -0.2) is 4.98 Å². The van der Waals surface area contributed by atoms with Gasteiger partial charge in [0.2, 0.25) is 11.7 Å². The van der Waals surface area contributed by atoms with Crippen LogP contribution in [-0.4, -0.2) is 4.98 Å². The van der Waals surface area contributed by atoms with Gasteiger partial charge in [0.25, 0.3) is 0 Å². The fraction of sp³-hybridized carbons (Fsp3) is 0.273. The van der Waals surface area contributed by atoms with Crippen molar-refractivity contribution in [2.75, 3.05) is 0 Å². The van der Waals surface area contributed by atoms with E-state index in [4.69, 9.17) is 0 Å². The zero-order valence-electron chi connectivity index (χ0n) is 8.27. The Morgan fingerprint density at radius 1 is 1.29 bits per heavy atom. The van der Waals surface area contributed by atoms with Crippen LogP contribution in [0, 0.1) is 5.21 Å². The van der Waals surface area contributed by atoms with Crippen LogP contribution in [0.4, 0.5) is 0 Å². The van der Waals surface area contributed by atoms with Gasteiger partial charge < -0.3 is 5.21 Å². The predicted molar refractivity (Wildman–Crippen MR) is 54.8 cm³/mol. The van der Waals surface area contributed by atoms with Gasteiger partial charge >= 0.3 is 0 Å². The highest BCUT2D eigenvalue weighted by Crippen LogP contribution is 2.13. The van der Waals surface area contributed by atoms with Crippen molar-refractivity contribution in [1.82, 2.24) is 4.98 Å². The van der Waals surface area contributed by atoms with Gasteiger partial charge in [-0.05, 0) is 6.07 Å². The molecule has 1 heterocycles. The molecule has 2 rings (SSSR count). The minimum Gasteiger partial charge on any atom is -0.618 e. The van der Waals surface area contributed by atoms with Gasteiger partial charge in [0, 0.05) is 12.0 Å². The standard InChI is InChI=1S/C11H12N2O/c1-8(2)10-7-13(14)11-6-4-3-5-9(11)12-10/h3-8H,1-2H3. The molecular weight excluding hydrogens is 176 g/mol. The fourth-order valence-electron chi connectivity index (χ4n) is 1.38. The molecule has 0 spiro atoms. The summed E-state index contributed by atoms with van der Waals surface area (Å²) in [4.78, 5) is 4.41. The lowest BCUT2D eigenvalue weighted by atomic mass is 10.1. The maximum atomic E-state index is 11.6. The number of aromatic nitrogens is 2. The molecule has 0 aliphatic carbocycles. The molecule has 72 valence electrons. The number of para-hydroxylation sites is 2. The minimum atomic E-state index is 0.278. The van der Waals surface area contributed by atoms with E-state index >= 15 is 0 Å². The van der Waals surface area contributed by atoms with E-state index < -0.39 is 0 Å².